The smallest absolute Gasteiger partial charge is 0.243 e. The molecule has 2 rings (SSSR count). The Hall–Kier alpha value is -2.01. The van der Waals surface area contributed by atoms with Gasteiger partial charge >= 0.3 is 0 Å². The molecule has 0 heterocycles. The minimum Gasteiger partial charge on any atom is -0.495 e. The molecule has 0 atom stereocenters. The number of ether oxygens (including phenoxy) is 1. The van der Waals surface area contributed by atoms with E-state index in [2.05, 4.69) is 17.2 Å². The summed E-state index contributed by atoms with van der Waals surface area (Å²) in [5, 5.41) is 5.74. The molecule has 2 amide bonds. The predicted octanol–water partition coefficient (Wildman–Crippen LogP) is 2.47. The van der Waals surface area contributed by atoms with Crippen LogP contribution in [0, 0.1) is 0 Å². The summed E-state index contributed by atoms with van der Waals surface area (Å²) in [6.45, 7) is 3.21. The molecule has 1 aromatic rings. The van der Waals surface area contributed by atoms with E-state index in [1.54, 1.807) is 6.07 Å². The van der Waals surface area contributed by atoms with E-state index in [1.807, 2.05) is 6.07 Å². The number of methoxy groups -OCH3 is 1. The van der Waals surface area contributed by atoms with E-state index >= 15 is 0 Å². The fourth-order valence-corrected chi connectivity index (χ4v) is 2.25. The first-order chi connectivity index (χ1) is 10.0. The maximum absolute atomic E-state index is 11.9. The van der Waals surface area contributed by atoms with Gasteiger partial charge in [0.05, 0.1) is 18.7 Å². The van der Waals surface area contributed by atoms with E-state index in [1.165, 1.54) is 7.11 Å². The highest BCUT2D eigenvalue weighted by Gasteiger charge is 2.28. The summed E-state index contributed by atoms with van der Waals surface area (Å²) in [6.07, 6.45) is 3.28. The fraction of sp³-hybridized carbons (Fsp3) is 0.333. The van der Waals surface area contributed by atoms with Gasteiger partial charge in [-0.3, -0.25) is 9.59 Å². The molecule has 0 unspecified atom stereocenters. The number of rotatable bonds is 6. The largest absolute Gasteiger partial charge is 0.495 e. The van der Waals surface area contributed by atoms with Crippen LogP contribution in [0.3, 0.4) is 0 Å². The number of anilines is 1. The van der Waals surface area contributed by atoms with Gasteiger partial charge in [-0.25, -0.2) is 0 Å². The highest BCUT2D eigenvalue weighted by Crippen LogP contribution is 2.46. The Morgan fingerprint density at radius 2 is 2.19 bits per heavy atom. The van der Waals surface area contributed by atoms with Gasteiger partial charge in [0.1, 0.15) is 5.75 Å². The molecule has 21 heavy (non-hydrogen) atoms. The van der Waals surface area contributed by atoms with Crippen LogP contribution in [0.4, 0.5) is 5.69 Å². The van der Waals surface area contributed by atoms with E-state index in [9.17, 15) is 9.59 Å². The Morgan fingerprint density at radius 1 is 1.48 bits per heavy atom. The molecule has 0 spiro atoms. The Labute approximate surface area is 128 Å². The number of benzene rings is 1. The van der Waals surface area contributed by atoms with Crippen LogP contribution in [0.25, 0.3) is 0 Å². The van der Waals surface area contributed by atoms with Gasteiger partial charge in [0.15, 0.2) is 0 Å². The van der Waals surface area contributed by atoms with Crippen molar-refractivity contribution >= 4 is 29.1 Å². The minimum absolute atomic E-state index is 0.111. The molecule has 1 aliphatic rings. The van der Waals surface area contributed by atoms with Crippen molar-refractivity contribution in [2.45, 2.75) is 18.8 Å². The molecule has 112 valence electrons. The molecule has 2 N–H and O–H groups in total. The van der Waals surface area contributed by atoms with E-state index in [0.29, 0.717) is 22.4 Å². The van der Waals surface area contributed by atoms with Crippen molar-refractivity contribution in [2.24, 2.45) is 0 Å². The van der Waals surface area contributed by atoms with Crippen LogP contribution in [0.2, 0.25) is 5.02 Å². The maximum atomic E-state index is 11.9. The van der Waals surface area contributed by atoms with Crippen molar-refractivity contribution in [3.63, 3.8) is 0 Å². The van der Waals surface area contributed by atoms with Crippen LogP contribution in [0.15, 0.2) is 24.8 Å². The maximum Gasteiger partial charge on any atom is 0.243 e. The molecule has 6 heteroatoms. The second-order valence-electron chi connectivity index (χ2n) is 4.82. The molecule has 0 radical (unpaired) electrons. The normalized spacial score (nSPS) is 13.4. The Kier molecular flexibility index (Phi) is 4.85. The van der Waals surface area contributed by atoms with E-state index in [4.69, 9.17) is 16.3 Å². The molecule has 0 bridgehead atoms. The van der Waals surface area contributed by atoms with Crippen molar-refractivity contribution in [3.8, 4) is 5.75 Å². The standard InChI is InChI=1S/C15H17ClN2O3/c1-3-14(19)17-8-15(20)18-12-7-13(21-2)11(16)6-10(12)9-4-5-9/h3,6-7,9H,1,4-5,8H2,2H3,(H,17,19)(H,18,20). The van der Waals surface area contributed by atoms with E-state index in [0.717, 1.165) is 24.5 Å². The van der Waals surface area contributed by atoms with Crippen LogP contribution in [0.1, 0.15) is 24.3 Å². The quantitative estimate of drug-likeness (QED) is 0.793. The molecule has 1 aliphatic carbocycles. The van der Waals surface area contributed by atoms with Gasteiger partial charge < -0.3 is 15.4 Å². The summed E-state index contributed by atoms with van der Waals surface area (Å²) in [7, 11) is 1.52. The summed E-state index contributed by atoms with van der Waals surface area (Å²) < 4.78 is 5.17. The van der Waals surface area contributed by atoms with Crippen molar-refractivity contribution in [3.05, 3.63) is 35.4 Å². The number of carbonyl (C=O) groups is 2. The highest BCUT2D eigenvalue weighted by molar-refractivity contribution is 6.32. The monoisotopic (exact) mass is 308 g/mol. The first-order valence-electron chi connectivity index (χ1n) is 6.62. The van der Waals surface area contributed by atoms with Crippen LogP contribution < -0.4 is 15.4 Å². The third kappa shape index (κ3) is 3.98. The lowest BCUT2D eigenvalue weighted by Gasteiger charge is -2.14. The Morgan fingerprint density at radius 3 is 2.76 bits per heavy atom. The third-order valence-electron chi connectivity index (χ3n) is 3.22. The van der Waals surface area contributed by atoms with E-state index in [-0.39, 0.29) is 18.4 Å². The second-order valence-corrected chi connectivity index (χ2v) is 5.23. The van der Waals surface area contributed by atoms with Gasteiger partial charge in [0, 0.05) is 11.8 Å². The predicted molar refractivity (Wildman–Crippen MR) is 81.8 cm³/mol. The van der Waals surface area contributed by atoms with Gasteiger partial charge in [-0.1, -0.05) is 18.2 Å². The van der Waals surface area contributed by atoms with Gasteiger partial charge in [-0.2, -0.15) is 0 Å². The average Bonchev–Trinajstić information content (AvgIpc) is 3.30. The van der Waals surface area contributed by atoms with Gasteiger partial charge in [0.25, 0.3) is 0 Å². The number of halogens is 1. The van der Waals surface area contributed by atoms with Gasteiger partial charge in [-0.15, -0.1) is 0 Å². The molecular weight excluding hydrogens is 292 g/mol. The van der Waals surface area contributed by atoms with Gasteiger partial charge in [-0.05, 0) is 36.5 Å². The molecule has 0 saturated heterocycles. The third-order valence-corrected chi connectivity index (χ3v) is 3.52. The number of hydrogen-bond acceptors (Lipinski definition) is 3. The SMILES string of the molecule is C=CC(=O)NCC(=O)Nc1cc(OC)c(Cl)cc1C1CC1. The molecule has 5 nitrogen and oxygen atoms in total. The molecule has 1 fully saturated rings. The van der Waals surface area contributed by atoms with Crippen molar-refractivity contribution in [2.75, 3.05) is 19.0 Å². The molecular formula is C15H17ClN2O3. The average molecular weight is 309 g/mol. The Bertz CT molecular complexity index is 583. The first-order valence-corrected chi connectivity index (χ1v) is 7.00. The number of hydrogen-bond donors (Lipinski definition) is 2. The number of nitrogens with one attached hydrogen (secondary N) is 2. The Balaban J connectivity index is 2.12. The summed E-state index contributed by atoms with van der Waals surface area (Å²) in [5.41, 5.74) is 1.68. The lowest BCUT2D eigenvalue weighted by molar-refractivity contribution is -0.121. The lowest BCUT2D eigenvalue weighted by atomic mass is 10.1. The van der Waals surface area contributed by atoms with Crippen LogP contribution in [-0.2, 0) is 9.59 Å². The molecule has 0 aromatic heterocycles. The zero-order chi connectivity index (χ0) is 15.4. The minimum atomic E-state index is -0.388. The summed E-state index contributed by atoms with van der Waals surface area (Å²) >= 11 is 6.13. The zero-order valence-electron chi connectivity index (χ0n) is 11.7. The van der Waals surface area contributed by atoms with Crippen LogP contribution in [0.5, 0.6) is 5.75 Å². The van der Waals surface area contributed by atoms with Crippen LogP contribution >= 0.6 is 11.6 Å². The highest BCUT2D eigenvalue weighted by atomic mass is 35.5. The second kappa shape index (κ2) is 6.63. The summed E-state index contributed by atoms with van der Waals surface area (Å²) in [5.74, 6) is 0.232. The zero-order valence-corrected chi connectivity index (χ0v) is 12.5. The first kappa shape index (κ1) is 15.4. The number of carbonyl (C=O) groups excluding carboxylic acids is 2. The summed E-state index contributed by atoms with van der Waals surface area (Å²) in [6, 6.07) is 3.54. The van der Waals surface area contributed by atoms with Crippen molar-refractivity contribution in [1.82, 2.24) is 5.32 Å². The van der Waals surface area contributed by atoms with Crippen LogP contribution in [-0.4, -0.2) is 25.5 Å². The fourth-order valence-electron chi connectivity index (χ4n) is 2.00. The van der Waals surface area contributed by atoms with Crippen molar-refractivity contribution in [1.29, 1.82) is 0 Å². The number of amides is 2. The van der Waals surface area contributed by atoms with E-state index < -0.39 is 0 Å². The summed E-state index contributed by atoms with van der Waals surface area (Å²) in [4.78, 5) is 22.9. The van der Waals surface area contributed by atoms with Gasteiger partial charge in [0.2, 0.25) is 11.8 Å². The lowest BCUT2D eigenvalue weighted by Crippen LogP contribution is -2.31. The van der Waals surface area contributed by atoms with Crippen molar-refractivity contribution < 1.29 is 14.3 Å². The molecule has 0 aliphatic heterocycles. The topological polar surface area (TPSA) is 67.4 Å². The molecule has 1 aromatic carbocycles. The molecule has 1 saturated carbocycles.